The molecule has 1 unspecified atom stereocenters. The maximum atomic E-state index is 15.1. The molecule has 2 aliphatic heterocycles. The van der Waals surface area contributed by atoms with Crippen LogP contribution in [0.3, 0.4) is 0 Å². The van der Waals surface area contributed by atoms with Gasteiger partial charge in [0, 0.05) is 36.1 Å². The highest BCUT2D eigenvalue weighted by atomic mass is 32.2. The quantitative estimate of drug-likeness (QED) is 0.805. The number of pyridine rings is 1. The summed E-state index contributed by atoms with van der Waals surface area (Å²) in [5, 5.41) is 0.457. The van der Waals surface area contributed by atoms with E-state index in [2.05, 4.69) is 4.98 Å². The molecule has 1 fully saturated rings. The number of thioether (sulfide) groups is 1. The molecule has 2 aliphatic rings. The third-order valence-electron chi connectivity index (χ3n) is 5.56. The van der Waals surface area contributed by atoms with Crippen molar-refractivity contribution in [2.24, 2.45) is 16.6 Å². The lowest BCUT2D eigenvalue weighted by atomic mass is 9.74. The molecule has 0 radical (unpaired) electrons. The minimum absolute atomic E-state index is 0.0297. The number of aliphatic imine (C=N–C) groups is 1. The Morgan fingerprint density at radius 2 is 2.21 bits per heavy atom. The van der Waals surface area contributed by atoms with Crippen LogP contribution < -0.4 is 10.5 Å². The fraction of sp³-hybridized carbons (Fsp3) is 0.429. The number of methoxy groups -OCH3 is 2. The molecule has 1 aromatic heterocycles. The molecule has 4 rings (SSSR count). The van der Waals surface area contributed by atoms with Crippen molar-refractivity contribution >= 4 is 16.9 Å². The van der Waals surface area contributed by atoms with Crippen LogP contribution in [0.4, 0.5) is 4.39 Å². The number of halogens is 1. The highest BCUT2D eigenvalue weighted by molar-refractivity contribution is 8.13. The summed E-state index contributed by atoms with van der Waals surface area (Å²) in [7, 11) is 3.22. The number of amidine groups is 1. The van der Waals surface area contributed by atoms with Gasteiger partial charge in [0.25, 0.3) is 0 Å². The second-order valence-corrected chi connectivity index (χ2v) is 8.30. The Morgan fingerprint density at radius 1 is 1.34 bits per heavy atom. The first-order valence-corrected chi connectivity index (χ1v) is 10.4. The lowest BCUT2D eigenvalue weighted by molar-refractivity contribution is -0.0836. The van der Waals surface area contributed by atoms with Gasteiger partial charge in [0.15, 0.2) is 5.17 Å². The summed E-state index contributed by atoms with van der Waals surface area (Å²) in [5.41, 5.74) is 7.32. The molecule has 3 heterocycles. The van der Waals surface area contributed by atoms with Gasteiger partial charge in [-0.1, -0.05) is 17.8 Å². The number of fused-ring (bicyclic) bond motifs is 1. The predicted molar refractivity (Wildman–Crippen MR) is 112 cm³/mol. The topological polar surface area (TPSA) is 79.0 Å². The summed E-state index contributed by atoms with van der Waals surface area (Å²) in [6, 6.07) is 8.76. The molecule has 154 valence electrons. The smallest absolute Gasteiger partial charge is 0.221 e. The number of hydrogen-bond donors (Lipinski definition) is 1. The molecule has 1 saturated heterocycles. The first-order chi connectivity index (χ1) is 14.1. The zero-order valence-corrected chi connectivity index (χ0v) is 17.2. The van der Waals surface area contributed by atoms with Crippen molar-refractivity contribution < 1.29 is 18.6 Å². The van der Waals surface area contributed by atoms with Crippen LogP contribution in [-0.4, -0.2) is 49.4 Å². The van der Waals surface area contributed by atoms with Crippen molar-refractivity contribution in [1.82, 2.24) is 4.98 Å². The normalized spacial score (nSPS) is 26.5. The van der Waals surface area contributed by atoms with Crippen LogP contribution in [0.15, 0.2) is 41.5 Å². The SMILES string of the molecule is COC[C@H]1CC2CSC(N)=N[C@@]2(c2cc(-c3cccnc3OC)ccc2F)CO1. The fourth-order valence-electron chi connectivity index (χ4n) is 4.15. The highest BCUT2D eigenvalue weighted by Gasteiger charge is 2.49. The molecule has 0 amide bonds. The van der Waals surface area contributed by atoms with Crippen molar-refractivity contribution in [2.75, 3.05) is 33.2 Å². The standard InChI is InChI=1S/C21H24FN3O3S/c1-26-10-15-9-14-11-29-20(23)25-21(14,12-28-15)17-8-13(5-6-18(17)22)16-4-3-7-24-19(16)27-2/h3-8,14-15H,9-12H2,1-2H3,(H2,23,25)/t14?,15-,21+/m1/s1. The Balaban J connectivity index is 1.80. The summed E-state index contributed by atoms with van der Waals surface area (Å²) >= 11 is 1.51. The maximum Gasteiger partial charge on any atom is 0.221 e. The zero-order valence-electron chi connectivity index (χ0n) is 16.4. The average Bonchev–Trinajstić information content (AvgIpc) is 2.74. The summed E-state index contributed by atoms with van der Waals surface area (Å²) in [6.45, 7) is 0.767. The fourth-order valence-corrected chi connectivity index (χ4v) is 5.16. The Bertz CT molecular complexity index is 926. The van der Waals surface area contributed by atoms with Crippen LogP contribution in [0.5, 0.6) is 5.88 Å². The molecule has 2 N–H and O–H groups in total. The molecule has 2 aromatic rings. The van der Waals surface area contributed by atoms with Crippen LogP contribution in [0, 0.1) is 11.7 Å². The van der Waals surface area contributed by atoms with E-state index in [-0.39, 0.29) is 24.4 Å². The molecule has 29 heavy (non-hydrogen) atoms. The lowest BCUT2D eigenvalue weighted by Gasteiger charge is -2.46. The maximum absolute atomic E-state index is 15.1. The number of nitrogens with two attached hydrogens (primary N) is 1. The monoisotopic (exact) mass is 417 g/mol. The van der Waals surface area contributed by atoms with E-state index in [9.17, 15) is 0 Å². The first-order valence-electron chi connectivity index (χ1n) is 9.45. The van der Waals surface area contributed by atoms with Crippen LogP contribution in [-0.2, 0) is 15.0 Å². The second-order valence-electron chi connectivity index (χ2n) is 7.26. The second kappa shape index (κ2) is 8.30. The molecule has 0 saturated carbocycles. The number of aromatic nitrogens is 1. The molecule has 1 aromatic carbocycles. The van der Waals surface area contributed by atoms with Crippen molar-refractivity contribution in [3.8, 4) is 17.0 Å². The molecule has 0 spiro atoms. The van der Waals surface area contributed by atoms with Crippen molar-refractivity contribution in [3.63, 3.8) is 0 Å². The van der Waals surface area contributed by atoms with Gasteiger partial charge in [-0.05, 0) is 36.2 Å². The summed E-state index contributed by atoms with van der Waals surface area (Å²) in [6.07, 6.45) is 2.37. The van der Waals surface area contributed by atoms with E-state index in [0.717, 1.165) is 23.3 Å². The number of hydrogen-bond acceptors (Lipinski definition) is 7. The van der Waals surface area contributed by atoms with Crippen LogP contribution in [0.1, 0.15) is 12.0 Å². The van der Waals surface area contributed by atoms with Crippen molar-refractivity contribution in [2.45, 2.75) is 18.1 Å². The van der Waals surface area contributed by atoms with Crippen molar-refractivity contribution in [3.05, 3.63) is 47.9 Å². The number of benzene rings is 1. The molecule has 6 nitrogen and oxygen atoms in total. The summed E-state index contributed by atoms with van der Waals surface area (Å²) in [5.74, 6) is 1.02. The van der Waals surface area contributed by atoms with Crippen LogP contribution in [0.25, 0.3) is 11.1 Å². The van der Waals surface area contributed by atoms with Crippen LogP contribution >= 0.6 is 11.8 Å². The van der Waals surface area contributed by atoms with E-state index < -0.39 is 5.54 Å². The van der Waals surface area contributed by atoms with Crippen molar-refractivity contribution in [1.29, 1.82) is 0 Å². The van der Waals surface area contributed by atoms with E-state index in [1.54, 1.807) is 26.5 Å². The van der Waals surface area contributed by atoms with E-state index in [0.29, 0.717) is 23.2 Å². The molecule has 0 bridgehead atoms. The molecule has 3 atom stereocenters. The lowest BCUT2D eigenvalue weighted by Crippen LogP contribution is -2.51. The third kappa shape index (κ3) is 3.72. The van der Waals surface area contributed by atoms with E-state index in [4.69, 9.17) is 24.9 Å². The Kier molecular flexibility index (Phi) is 5.76. The molecular weight excluding hydrogens is 393 g/mol. The molecular formula is C21H24FN3O3S. The summed E-state index contributed by atoms with van der Waals surface area (Å²) < 4.78 is 31.8. The zero-order chi connectivity index (χ0) is 20.4. The number of ether oxygens (including phenoxy) is 3. The molecule has 8 heteroatoms. The Labute approximate surface area is 173 Å². The average molecular weight is 418 g/mol. The van der Waals surface area contributed by atoms with E-state index in [1.807, 2.05) is 18.2 Å². The minimum Gasteiger partial charge on any atom is -0.481 e. The van der Waals surface area contributed by atoms with Gasteiger partial charge < -0.3 is 19.9 Å². The van der Waals surface area contributed by atoms with E-state index in [1.165, 1.54) is 17.8 Å². The largest absolute Gasteiger partial charge is 0.481 e. The Morgan fingerprint density at radius 3 is 3.00 bits per heavy atom. The van der Waals surface area contributed by atoms with Gasteiger partial charge in [-0.25, -0.2) is 14.4 Å². The van der Waals surface area contributed by atoms with Gasteiger partial charge in [-0.15, -0.1) is 0 Å². The van der Waals surface area contributed by atoms with Gasteiger partial charge in [0.2, 0.25) is 5.88 Å². The van der Waals surface area contributed by atoms with Gasteiger partial charge in [-0.2, -0.15) is 0 Å². The minimum atomic E-state index is -0.852. The van der Waals surface area contributed by atoms with Gasteiger partial charge in [-0.3, -0.25) is 0 Å². The van der Waals surface area contributed by atoms with Gasteiger partial charge >= 0.3 is 0 Å². The first kappa shape index (κ1) is 20.1. The van der Waals surface area contributed by atoms with Gasteiger partial charge in [0.05, 0.1) is 26.4 Å². The Hall–Kier alpha value is -2.16. The van der Waals surface area contributed by atoms with Crippen LogP contribution in [0.2, 0.25) is 0 Å². The highest BCUT2D eigenvalue weighted by Crippen LogP contribution is 2.47. The third-order valence-corrected chi connectivity index (χ3v) is 6.52. The van der Waals surface area contributed by atoms with E-state index >= 15 is 4.39 Å². The predicted octanol–water partition coefficient (Wildman–Crippen LogP) is 3.20. The number of nitrogens with zero attached hydrogens (tertiary/aromatic N) is 2. The van der Waals surface area contributed by atoms with Gasteiger partial charge in [0.1, 0.15) is 11.4 Å². The summed E-state index contributed by atoms with van der Waals surface area (Å²) in [4.78, 5) is 9.00. The molecule has 0 aliphatic carbocycles. The number of rotatable bonds is 5.